The molecule has 0 aliphatic rings. The second kappa shape index (κ2) is 6.18. The zero-order chi connectivity index (χ0) is 9.56. The van der Waals surface area contributed by atoms with E-state index in [1.807, 2.05) is 6.92 Å². The highest BCUT2D eigenvalue weighted by Gasteiger charge is 2.17. The largest absolute Gasteiger partial charge is 0.321 e. The molecule has 2 atom stereocenters. The van der Waals surface area contributed by atoms with Crippen molar-refractivity contribution in [1.29, 1.82) is 0 Å². The van der Waals surface area contributed by atoms with Crippen molar-refractivity contribution < 1.29 is 4.79 Å². The maximum Gasteiger partial charge on any atom is 0.149 e. The maximum absolute atomic E-state index is 11.4. The summed E-state index contributed by atoms with van der Waals surface area (Å²) in [4.78, 5) is 11.4. The monoisotopic (exact) mass is 171 g/mol. The van der Waals surface area contributed by atoms with E-state index in [1.165, 1.54) is 0 Å². The molecule has 0 heterocycles. The molecule has 1 unspecified atom stereocenters. The molecule has 0 aliphatic heterocycles. The Hall–Kier alpha value is -0.370. The number of carbonyl (C=O) groups is 1. The average Bonchev–Trinajstić information content (AvgIpc) is 2.11. The van der Waals surface area contributed by atoms with Crippen molar-refractivity contribution >= 4 is 5.78 Å². The molecule has 0 bridgehead atoms. The van der Waals surface area contributed by atoms with E-state index in [1.54, 1.807) is 0 Å². The molecule has 0 fully saturated rings. The predicted octanol–water partition coefficient (Wildman–Crippen LogP) is 2.12. The molecule has 0 saturated carbocycles. The van der Waals surface area contributed by atoms with Gasteiger partial charge in [-0.2, -0.15) is 0 Å². The highest BCUT2D eigenvalue weighted by molar-refractivity contribution is 5.83. The van der Waals surface area contributed by atoms with E-state index in [-0.39, 0.29) is 11.8 Å². The first kappa shape index (κ1) is 11.6. The Balaban J connectivity index is 3.75. The molecule has 0 amide bonds. The van der Waals surface area contributed by atoms with Crippen molar-refractivity contribution in [2.75, 3.05) is 0 Å². The standard InChI is InChI=1S/C10H21NO/c1-4-6-7-9(12)10(11)8(3)5-2/h8,10H,4-7,11H2,1-3H3/t8?,10-/m0/s1. The van der Waals surface area contributed by atoms with Gasteiger partial charge in [0.1, 0.15) is 5.78 Å². The number of hydrogen-bond acceptors (Lipinski definition) is 2. The topological polar surface area (TPSA) is 43.1 Å². The quantitative estimate of drug-likeness (QED) is 0.665. The molecule has 0 aliphatic carbocycles. The molecule has 0 saturated heterocycles. The highest BCUT2D eigenvalue weighted by Crippen LogP contribution is 2.09. The summed E-state index contributed by atoms with van der Waals surface area (Å²) >= 11 is 0. The summed E-state index contributed by atoms with van der Waals surface area (Å²) in [5, 5.41) is 0. The number of rotatable bonds is 6. The van der Waals surface area contributed by atoms with Crippen LogP contribution in [0.4, 0.5) is 0 Å². The lowest BCUT2D eigenvalue weighted by atomic mass is 9.94. The molecule has 0 spiro atoms. The lowest BCUT2D eigenvalue weighted by Crippen LogP contribution is -2.36. The van der Waals surface area contributed by atoms with Crippen LogP contribution in [0.2, 0.25) is 0 Å². The van der Waals surface area contributed by atoms with Crippen molar-refractivity contribution in [3.05, 3.63) is 0 Å². The fraction of sp³-hybridized carbons (Fsp3) is 0.900. The minimum absolute atomic E-state index is 0.228. The minimum atomic E-state index is -0.235. The summed E-state index contributed by atoms with van der Waals surface area (Å²) in [5.74, 6) is 0.556. The fourth-order valence-corrected chi connectivity index (χ4v) is 1.09. The number of carbonyl (C=O) groups excluding carboxylic acids is 1. The molecule has 2 nitrogen and oxygen atoms in total. The average molecular weight is 171 g/mol. The molecular formula is C10H21NO. The van der Waals surface area contributed by atoms with Gasteiger partial charge in [-0.3, -0.25) is 4.79 Å². The Kier molecular flexibility index (Phi) is 5.99. The Labute approximate surface area is 75.5 Å². The van der Waals surface area contributed by atoms with Gasteiger partial charge < -0.3 is 5.73 Å². The number of hydrogen-bond donors (Lipinski definition) is 1. The van der Waals surface area contributed by atoms with Gasteiger partial charge in [0, 0.05) is 6.42 Å². The fourth-order valence-electron chi connectivity index (χ4n) is 1.09. The summed E-state index contributed by atoms with van der Waals surface area (Å²) in [6, 6.07) is -0.235. The van der Waals surface area contributed by atoms with Crippen molar-refractivity contribution in [2.24, 2.45) is 11.7 Å². The predicted molar refractivity (Wildman–Crippen MR) is 52.0 cm³/mol. The third-order valence-electron chi connectivity index (χ3n) is 2.41. The Morgan fingerprint density at radius 1 is 1.42 bits per heavy atom. The molecule has 72 valence electrons. The molecule has 0 rings (SSSR count). The van der Waals surface area contributed by atoms with Gasteiger partial charge >= 0.3 is 0 Å². The Morgan fingerprint density at radius 2 is 2.00 bits per heavy atom. The number of unbranched alkanes of at least 4 members (excludes halogenated alkanes) is 1. The molecule has 0 aromatic rings. The summed E-state index contributed by atoms with van der Waals surface area (Å²) in [5.41, 5.74) is 5.76. The van der Waals surface area contributed by atoms with Crippen LogP contribution in [0.15, 0.2) is 0 Å². The summed E-state index contributed by atoms with van der Waals surface area (Å²) in [6.07, 6.45) is 3.68. The van der Waals surface area contributed by atoms with E-state index in [0.717, 1.165) is 19.3 Å². The SMILES string of the molecule is CCCCC(=O)[C@@H](N)C(C)CC. The van der Waals surface area contributed by atoms with Crippen molar-refractivity contribution in [1.82, 2.24) is 0 Å². The summed E-state index contributed by atoms with van der Waals surface area (Å²) in [6.45, 7) is 6.19. The number of Topliss-reactive ketones (excluding diaryl/α,β-unsaturated/α-hetero) is 1. The lowest BCUT2D eigenvalue weighted by molar-refractivity contribution is -0.121. The number of nitrogens with two attached hydrogens (primary N) is 1. The maximum atomic E-state index is 11.4. The first-order valence-electron chi connectivity index (χ1n) is 4.91. The van der Waals surface area contributed by atoms with E-state index < -0.39 is 0 Å². The third kappa shape index (κ3) is 3.86. The lowest BCUT2D eigenvalue weighted by Gasteiger charge is -2.16. The van der Waals surface area contributed by atoms with E-state index in [9.17, 15) is 4.79 Å². The van der Waals surface area contributed by atoms with Crippen LogP contribution in [0.1, 0.15) is 46.5 Å². The molecule has 0 aromatic carbocycles. The van der Waals surface area contributed by atoms with Crippen LogP contribution in [-0.4, -0.2) is 11.8 Å². The molecule has 2 heteroatoms. The van der Waals surface area contributed by atoms with Gasteiger partial charge in [-0.15, -0.1) is 0 Å². The van der Waals surface area contributed by atoms with Crippen LogP contribution in [0, 0.1) is 5.92 Å². The Morgan fingerprint density at radius 3 is 2.42 bits per heavy atom. The second-order valence-electron chi connectivity index (χ2n) is 3.48. The molecular weight excluding hydrogens is 150 g/mol. The Bertz CT molecular complexity index is 134. The van der Waals surface area contributed by atoms with Crippen LogP contribution in [0.25, 0.3) is 0 Å². The van der Waals surface area contributed by atoms with Crippen LogP contribution in [0.5, 0.6) is 0 Å². The smallest absolute Gasteiger partial charge is 0.149 e. The zero-order valence-electron chi connectivity index (χ0n) is 8.47. The summed E-state index contributed by atoms with van der Waals surface area (Å²) < 4.78 is 0. The van der Waals surface area contributed by atoms with E-state index in [4.69, 9.17) is 5.73 Å². The van der Waals surface area contributed by atoms with Crippen LogP contribution in [-0.2, 0) is 4.79 Å². The second-order valence-corrected chi connectivity index (χ2v) is 3.48. The third-order valence-corrected chi connectivity index (χ3v) is 2.41. The zero-order valence-corrected chi connectivity index (χ0v) is 8.47. The van der Waals surface area contributed by atoms with Crippen molar-refractivity contribution in [3.63, 3.8) is 0 Å². The van der Waals surface area contributed by atoms with Gasteiger partial charge in [0.25, 0.3) is 0 Å². The minimum Gasteiger partial charge on any atom is -0.321 e. The van der Waals surface area contributed by atoms with Crippen LogP contribution < -0.4 is 5.73 Å². The first-order chi connectivity index (χ1) is 5.63. The first-order valence-corrected chi connectivity index (χ1v) is 4.91. The summed E-state index contributed by atoms with van der Waals surface area (Å²) in [7, 11) is 0. The molecule has 12 heavy (non-hydrogen) atoms. The van der Waals surface area contributed by atoms with Gasteiger partial charge in [0.2, 0.25) is 0 Å². The van der Waals surface area contributed by atoms with Gasteiger partial charge in [-0.25, -0.2) is 0 Å². The van der Waals surface area contributed by atoms with Gasteiger partial charge in [0.05, 0.1) is 6.04 Å². The normalized spacial score (nSPS) is 15.7. The van der Waals surface area contributed by atoms with Gasteiger partial charge in [-0.05, 0) is 12.3 Å². The van der Waals surface area contributed by atoms with Crippen molar-refractivity contribution in [2.45, 2.75) is 52.5 Å². The van der Waals surface area contributed by atoms with Crippen molar-refractivity contribution in [3.8, 4) is 0 Å². The van der Waals surface area contributed by atoms with E-state index in [2.05, 4.69) is 13.8 Å². The molecule has 2 N–H and O–H groups in total. The molecule has 0 aromatic heterocycles. The highest BCUT2D eigenvalue weighted by atomic mass is 16.1. The van der Waals surface area contributed by atoms with E-state index >= 15 is 0 Å². The van der Waals surface area contributed by atoms with E-state index in [0.29, 0.717) is 12.3 Å². The van der Waals surface area contributed by atoms with Gasteiger partial charge in [0.15, 0.2) is 0 Å². The van der Waals surface area contributed by atoms with Gasteiger partial charge in [-0.1, -0.05) is 33.6 Å². The van der Waals surface area contributed by atoms with Crippen LogP contribution in [0.3, 0.4) is 0 Å². The number of ketones is 1. The molecule has 0 radical (unpaired) electrons. The van der Waals surface area contributed by atoms with Crippen LogP contribution >= 0.6 is 0 Å².